The molecule has 2 rings (SSSR count). The third-order valence-electron chi connectivity index (χ3n) is 1.67. The highest BCUT2D eigenvalue weighted by atomic mass is 16.1. The molecule has 62 valence electrons. The quantitative estimate of drug-likeness (QED) is 0.614. The van der Waals surface area contributed by atoms with Crippen molar-refractivity contribution in [3.8, 4) is 6.07 Å². The number of H-pyrrole nitrogens is 1. The summed E-state index contributed by atoms with van der Waals surface area (Å²) in [6, 6.07) is 1.80. The van der Waals surface area contributed by atoms with E-state index in [-0.39, 0.29) is 5.56 Å². The lowest BCUT2D eigenvalue weighted by Crippen LogP contribution is -2.10. The Balaban J connectivity index is 3.03. The summed E-state index contributed by atoms with van der Waals surface area (Å²) in [5.74, 6) is 0. The van der Waals surface area contributed by atoms with Crippen LogP contribution >= 0.6 is 0 Å². The van der Waals surface area contributed by atoms with Crippen LogP contribution in [0, 0.1) is 11.3 Å². The van der Waals surface area contributed by atoms with E-state index < -0.39 is 5.56 Å². The summed E-state index contributed by atoms with van der Waals surface area (Å²) >= 11 is 0. The zero-order chi connectivity index (χ0) is 9.26. The first kappa shape index (κ1) is 7.43. The van der Waals surface area contributed by atoms with Crippen molar-refractivity contribution >= 4 is 10.9 Å². The largest absolute Gasteiger partial charge is 0.327 e. The van der Waals surface area contributed by atoms with Gasteiger partial charge >= 0.3 is 0 Å². The van der Waals surface area contributed by atoms with Crippen LogP contribution in [0.3, 0.4) is 0 Å². The van der Waals surface area contributed by atoms with Crippen LogP contribution in [-0.2, 0) is 0 Å². The molecule has 0 atom stereocenters. The Hall–Kier alpha value is -2.22. The molecular weight excluding hydrogens is 168 g/mol. The van der Waals surface area contributed by atoms with Crippen LogP contribution in [0.15, 0.2) is 23.5 Å². The van der Waals surface area contributed by atoms with Crippen LogP contribution in [0.1, 0.15) is 5.56 Å². The van der Waals surface area contributed by atoms with Gasteiger partial charge in [-0.1, -0.05) is 0 Å². The summed E-state index contributed by atoms with van der Waals surface area (Å²) in [5, 5.41) is 9.34. The highest BCUT2D eigenvalue weighted by Gasteiger charge is 2.05. The molecule has 0 spiro atoms. The molecule has 2 heterocycles. The molecule has 13 heavy (non-hydrogen) atoms. The predicted molar refractivity (Wildman–Crippen MR) is 44.9 cm³/mol. The summed E-state index contributed by atoms with van der Waals surface area (Å²) in [7, 11) is 0. The van der Waals surface area contributed by atoms with E-state index in [1.54, 1.807) is 12.3 Å². The van der Waals surface area contributed by atoms with E-state index in [9.17, 15) is 4.79 Å². The van der Waals surface area contributed by atoms with Crippen LogP contribution in [-0.4, -0.2) is 15.0 Å². The SMILES string of the molecule is N#Cc1c(=O)[nH]cc2cncnc12. The Morgan fingerprint density at radius 2 is 2.38 bits per heavy atom. The number of hydrogen-bond acceptors (Lipinski definition) is 4. The number of aromatic nitrogens is 3. The highest BCUT2D eigenvalue weighted by Crippen LogP contribution is 2.07. The Morgan fingerprint density at radius 3 is 3.15 bits per heavy atom. The predicted octanol–water partition coefficient (Wildman–Crippen LogP) is 0.190. The third kappa shape index (κ3) is 1.05. The molecule has 0 aromatic carbocycles. The van der Waals surface area contributed by atoms with Gasteiger partial charge in [-0.15, -0.1) is 0 Å². The van der Waals surface area contributed by atoms with Gasteiger partial charge < -0.3 is 4.98 Å². The Kier molecular flexibility index (Phi) is 1.53. The Bertz CT molecular complexity index is 552. The second-order valence-electron chi connectivity index (χ2n) is 2.43. The molecule has 5 nitrogen and oxygen atoms in total. The topological polar surface area (TPSA) is 82.4 Å². The van der Waals surface area contributed by atoms with Gasteiger partial charge in [0.1, 0.15) is 18.0 Å². The van der Waals surface area contributed by atoms with Gasteiger partial charge in [-0.3, -0.25) is 4.79 Å². The monoisotopic (exact) mass is 172 g/mol. The lowest BCUT2D eigenvalue weighted by molar-refractivity contribution is 1.17. The van der Waals surface area contributed by atoms with E-state index >= 15 is 0 Å². The van der Waals surface area contributed by atoms with Crippen molar-refractivity contribution in [2.24, 2.45) is 0 Å². The minimum Gasteiger partial charge on any atom is -0.327 e. The second-order valence-corrected chi connectivity index (χ2v) is 2.43. The Morgan fingerprint density at radius 1 is 1.54 bits per heavy atom. The molecule has 0 aliphatic heterocycles. The Labute approximate surface area is 72.7 Å². The first-order valence-corrected chi connectivity index (χ1v) is 3.54. The van der Waals surface area contributed by atoms with E-state index in [1.165, 1.54) is 12.5 Å². The number of rotatable bonds is 0. The highest BCUT2D eigenvalue weighted by molar-refractivity contribution is 5.81. The van der Waals surface area contributed by atoms with Crippen molar-refractivity contribution in [1.29, 1.82) is 5.26 Å². The van der Waals surface area contributed by atoms with Gasteiger partial charge in [0.2, 0.25) is 0 Å². The molecule has 0 aliphatic rings. The number of nitrogens with zero attached hydrogens (tertiary/aromatic N) is 3. The summed E-state index contributed by atoms with van der Waals surface area (Å²) in [4.78, 5) is 21.2. The fraction of sp³-hybridized carbons (Fsp3) is 0. The molecule has 0 bridgehead atoms. The first-order valence-electron chi connectivity index (χ1n) is 3.54. The minimum atomic E-state index is -0.422. The molecule has 0 unspecified atom stereocenters. The molecular formula is C8H4N4O. The van der Waals surface area contributed by atoms with E-state index in [4.69, 9.17) is 5.26 Å². The molecule has 1 N–H and O–H groups in total. The van der Waals surface area contributed by atoms with Crippen molar-refractivity contribution < 1.29 is 0 Å². The van der Waals surface area contributed by atoms with Gasteiger partial charge in [-0.05, 0) is 0 Å². The van der Waals surface area contributed by atoms with Crippen molar-refractivity contribution in [1.82, 2.24) is 15.0 Å². The smallest absolute Gasteiger partial charge is 0.268 e. The maximum Gasteiger partial charge on any atom is 0.268 e. The number of fused-ring (bicyclic) bond motifs is 1. The number of hydrogen-bond donors (Lipinski definition) is 1. The summed E-state index contributed by atoms with van der Waals surface area (Å²) in [6.07, 6.45) is 4.33. The molecule has 5 heteroatoms. The van der Waals surface area contributed by atoms with Crippen LogP contribution in [0.4, 0.5) is 0 Å². The lowest BCUT2D eigenvalue weighted by Gasteiger charge is -1.95. The molecule has 2 aromatic heterocycles. The van der Waals surface area contributed by atoms with Gasteiger partial charge in [0.15, 0.2) is 0 Å². The van der Waals surface area contributed by atoms with E-state index in [0.29, 0.717) is 10.9 Å². The zero-order valence-electron chi connectivity index (χ0n) is 6.48. The fourth-order valence-electron chi connectivity index (χ4n) is 1.08. The van der Waals surface area contributed by atoms with Gasteiger partial charge in [-0.25, -0.2) is 9.97 Å². The van der Waals surface area contributed by atoms with Crippen LogP contribution in [0.2, 0.25) is 0 Å². The minimum absolute atomic E-state index is 0.0277. The lowest BCUT2D eigenvalue weighted by atomic mass is 10.2. The summed E-state index contributed by atoms with van der Waals surface area (Å²) < 4.78 is 0. The van der Waals surface area contributed by atoms with E-state index in [2.05, 4.69) is 15.0 Å². The standard InChI is InChI=1S/C8H4N4O/c9-1-6-7-5(2-10-4-12-7)3-11-8(6)13/h2-4H,(H,11,13). The van der Waals surface area contributed by atoms with Gasteiger partial charge in [0.05, 0.1) is 5.52 Å². The van der Waals surface area contributed by atoms with Gasteiger partial charge in [0, 0.05) is 17.8 Å². The van der Waals surface area contributed by atoms with Crippen molar-refractivity contribution in [3.05, 3.63) is 34.6 Å². The average molecular weight is 172 g/mol. The zero-order valence-corrected chi connectivity index (χ0v) is 6.48. The third-order valence-corrected chi connectivity index (χ3v) is 1.67. The maximum atomic E-state index is 11.1. The van der Waals surface area contributed by atoms with Crippen LogP contribution < -0.4 is 5.56 Å². The van der Waals surface area contributed by atoms with E-state index in [1.807, 2.05) is 0 Å². The first-order chi connectivity index (χ1) is 6.33. The molecule has 2 aromatic rings. The molecule has 0 radical (unpaired) electrons. The molecule has 0 saturated carbocycles. The van der Waals surface area contributed by atoms with E-state index in [0.717, 1.165) is 0 Å². The maximum absolute atomic E-state index is 11.1. The molecule has 0 aliphatic carbocycles. The van der Waals surface area contributed by atoms with Gasteiger partial charge in [0.25, 0.3) is 5.56 Å². The summed E-state index contributed by atoms with van der Waals surface area (Å²) in [5.41, 5.74) is -0.00477. The number of nitrogens with one attached hydrogen (secondary N) is 1. The average Bonchev–Trinajstić information content (AvgIpc) is 2.18. The fourth-order valence-corrected chi connectivity index (χ4v) is 1.08. The van der Waals surface area contributed by atoms with Crippen molar-refractivity contribution in [3.63, 3.8) is 0 Å². The molecule has 0 saturated heterocycles. The normalized spacial score (nSPS) is 9.77. The molecule has 0 amide bonds. The second kappa shape index (κ2) is 2.68. The molecule has 0 fully saturated rings. The van der Waals surface area contributed by atoms with Crippen molar-refractivity contribution in [2.75, 3.05) is 0 Å². The van der Waals surface area contributed by atoms with Crippen molar-refractivity contribution in [2.45, 2.75) is 0 Å². The number of pyridine rings is 1. The number of aromatic amines is 1. The van der Waals surface area contributed by atoms with Crippen LogP contribution in [0.25, 0.3) is 10.9 Å². The van der Waals surface area contributed by atoms with Crippen LogP contribution in [0.5, 0.6) is 0 Å². The number of nitriles is 1. The van der Waals surface area contributed by atoms with Gasteiger partial charge in [-0.2, -0.15) is 5.26 Å². The summed E-state index contributed by atoms with van der Waals surface area (Å²) in [6.45, 7) is 0.